The van der Waals surface area contributed by atoms with Crippen LogP contribution in [0.3, 0.4) is 0 Å². The van der Waals surface area contributed by atoms with E-state index in [4.69, 9.17) is 0 Å². The summed E-state index contributed by atoms with van der Waals surface area (Å²) >= 11 is 0. The third-order valence-corrected chi connectivity index (χ3v) is 5.86. The normalized spacial score (nSPS) is 26.0. The first-order valence-electron chi connectivity index (χ1n) is 9.51. The highest BCUT2D eigenvalue weighted by atomic mass is 16.2. The van der Waals surface area contributed by atoms with E-state index in [-0.39, 0.29) is 6.03 Å². The molecule has 6 nitrogen and oxygen atoms in total. The van der Waals surface area contributed by atoms with Crippen molar-refractivity contribution >= 4 is 11.7 Å². The first kappa shape index (κ1) is 15.9. The summed E-state index contributed by atoms with van der Waals surface area (Å²) in [6.45, 7) is 7.59. The molecule has 3 fully saturated rings. The Morgan fingerprint density at radius 1 is 1.29 bits per heavy atom. The first-order chi connectivity index (χ1) is 11.7. The number of amides is 2. The Balaban J connectivity index is 1.27. The number of carbonyl (C=O) groups is 1. The average Bonchev–Trinajstić information content (AvgIpc) is 2.97. The Hall–Kier alpha value is -1.56. The monoisotopic (exact) mass is 331 g/mol. The molecule has 0 radical (unpaired) electrons. The van der Waals surface area contributed by atoms with Gasteiger partial charge in [-0.1, -0.05) is 0 Å². The van der Waals surface area contributed by atoms with Crippen LogP contribution < -0.4 is 5.32 Å². The zero-order valence-corrected chi connectivity index (χ0v) is 14.7. The van der Waals surface area contributed by atoms with Crippen molar-refractivity contribution in [3.63, 3.8) is 0 Å². The van der Waals surface area contributed by atoms with Crippen LogP contribution in [0.25, 0.3) is 0 Å². The number of rotatable bonds is 5. The van der Waals surface area contributed by atoms with Crippen LogP contribution in [0, 0.1) is 11.8 Å². The molecule has 0 unspecified atom stereocenters. The smallest absolute Gasteiger partial charge is 0.321 e. The van der Waals surface area contributed by atoms with Crippen LogP contribution in [-0.4, -0.2) is 58.3 Å². The topological polar surface area (TPSA) is 53.4 Å². The Labute approximate surface area is 144 Å². The number of carbonyl (C=O) groups excluding carboxylic acids is 1. The largest absolute Gasteiger partial charge is 0.324 e. The molecule has 2 atom stereocenters. The van der Waals surface area contributed by atoms with Gasteiger partial charge in [-0.3, -0.25) is 4.68 Å². The fraction of sp³-hybridized carbons (Fsp3) is 0.778. The fourth-order valence-electron chi connectivity index (χ4n) is 4.12. The summed E-state index contributed by atoms with van der Waals surface area (Å²) in [5, 5.41) is 7.44. The van der Waals surface area contributed by atoms with Crippen LogP contribution in [0.15, 0.2) is 12.4 Å². The van der Waals surface area contributed by atoms with Gasteiger partial charge in [-0.15, -0.1) is 0 Å². The highest BCUT2D eigenvalue weighted by Gasteiger charge is 2.30. The summed E-state index contributed by atoms with van der Waals surface area (Å²) in [6.07, 6.45) is 10.1. The average molecular weight is 331 g/mol. The van der Waals surface area contributed by atoms with Gasteiger partial charge in [0, 0.05) is 25.8 Å². The molecule has 1 saturated carbocycles. The third-order valence-electron chi connectivity index (χ3n) is 5.86. The second-order valence-electron chi connectivity index (χ2n) is 7.83. The van der Waals surface area contributed by atoms with E-state index >= 15 is 0 Å². The molecule has 4 rings (SSSR count). The minimum atomic E-state index is 0.0255. The van der Waals surface area contributed by atoms with Crippen molar-refractivity contribution in [1.29, 1.82) is 0 Å². The molecular formula is C18H29N5O. The molecule has 1 aliphatic carbocycles. The fourth-order valence-corrected chi connectivity index (χ4v) is 4.12. The van der Waals surface area contributed by atoms with Crippen molar-refractivity contribution < 1.29 is 4.79 Å². The van der Waals surface area contributed by atoms with Crippen molar-refractivity contribution in [3.05, 3.63) is 12.4 Å². The molecule has 1 aromatic heterocycles. The third kappa shape index (κ3) is 3.58. The van der Waals surface area contributed by atoms with Crippen LogP contribution in [-0.2, 0) is 0 Å². The lowest BCUT2D eigenvalue weighted by atomic mass is 10.1. The van der Waals surface area contributed by atoms with Gasteiger partial charge in [0.05, 0.1) is 17.9 Å². The Morgan fingerprint density at radius 2 is 2.08 bits per heavy atom. The molecule has 1 aromatic rings. The summed E-state index contributed by atoms with van der Waals surface area (Å²) < 4.78 is 1.99. The first-order valence-corrected chi connectivity index (χ1v) is 9.51. The van der Waals surface area contributed by atoms with Gasteiger partial charge in [0.15, 0.2) is 0 Å². The Bertz CT molecular complexity index is 576. The van der Waals surface area contributed by atoms with Gasteiger partial charge in [-0.05, 0) is 64.0 Å². The molecule has 3 heterocycles. The van der Waals surface area contributed by atoms with E-state index in [1.807, 2.05) is 15.8 Å². The van der Waals surface area contributed by atoms with Gasteiger partial charge in [-0.2, -0.15) is 5.10 Å². The van der Waals surface area contributed by atoms with Crippen LogP contribution in [0.1, 0.15) is 45.1 Å². The molecule has 132 valence electrons. The molecule has 0 aromatic carbocycles. The van der Waals surface area contributed by atoms with E-state index in [1.54, 1.807) is 6.20 Å². The quantitative estimate of drug-likeness (QED) is 0.903. The van der Waals surface area contributed by atoms with Gasteiger partial charge < -0.3 is 15.1 Å². The second kappa shape index (κ2) is 6.75. The molecular weight excluding hydrogens is 302 g/mol. The van der Waals surface area contributed by atoms with Crippen LogP contribution >= 0.6 is 0 Å². The second-order valence-corrected chi connectivity index (χ2v) is 7.83. The zero-order chi connectivity index (χ0) is 16.5. The highest BCUT2D eigenvalue weighted by molar-refractivity contribution is 5.89. The minimum Gasteiger partial charge on any atom is -0.324 e. The van der Waals surface area contributed by atoms with Gasteiger partial charge in [-0.25, -0.2) is 4.79 Å². The molecule has 0 spiro atoms. The predicted octanol–water partition coefficient (Wildman–Crippen LogP) is 2.80. The molecule has 24 heavy (non-hydrogen) atoms. The van der Waals surface area contributed by atoms with Crippen molar-refractivity contribution in [2.75, 3.05) is 38.0 Å². The van der Waals surface area contributed by atoms with Crippen LogP contribution in [0.5, 0.6) is 0 Å². The van der Waals surface area contributed by atoms with E-state index in [0.29, 0.717) is 12.0 Å². The summed E-state index contributed by atoms with van der Waals surface area (Å²) in [5.41, 5.74) is 0.815. The van der Waals surface area contributed by atoms with Crippen LogP contribution in [0.4, 0.5) is 10.5 Å². The van der Waals surface area contributed by atoms with Crippen molar-refractivity contribution in [3.8, 4) is 0 Å². The van der Waals surface area contributed by atoms with Gasteiger partial charge in [0.25, 0.3) is 0 Å². The standard InChI is InChI=1S/C18H29N5O/c1-14(16-4-5-16)23-13-17(10-19-23)20-18(24)22-9-6-15(12-22)11-21-7-2-3-8-21/h10,13-16H,2-9,11-12H2,1H3,(H,20,24)/t14-,15-/m0/s1. The number of nitrogens with zero attached hydrogens (tertiary/aromatic N) is 4. The maximum atomic E-state index is 12.5. The Kier molecular flexibility index (Phi) is 4.48. The molecule has 2 amide bonds. The SMILES string of the molecule is C[C@@H](C1CC1)n1cc(NC(=O)N2CC[C@@H](CN3CCCC3)C2)cn1. The molecule has 2 aliphatic heterocycles. The van der Waals surface area contributed by atoms with E-state index < -0.39 is 0 Å². The lowest BCUT2D eigenvalue weighted by molar-refractivity contribution is 0.217. The lowest BCUT2D eigenvalue weighted by Crippen LogP contribution is -2.34. The number of hydrogen-bond donors (Lipinski definition) is 1. The predicted molar refractivity (Wildman–Crippen MR) is 94.0 cm³/mol. The number of anilines is 1. The number of hydrogen-bond acceptors (Lipinski definition) is 3. The molecule has 3 aliphatic rings. The summed E-state index contributed by atoms with van der Waals surface area (Å²) in [4.78, 5) is 17.0. The van der Waals surface area contributed by atoms with Gasteiger partial charge >= 0.3 is 6.03 Å². The van der Waals surface area contributed by atoms with Crippen molar-refractivity contribution in [1.82, 2.24) is 19.6 Å². The molecule has 6 heteroatoms. The van der Waals surface area contributed by atoms with E-state index in [2.05, 4.69) is 22.2 Å². The van der Waals surface area contributed by atoms with E-state index in [1.165, 1.54) is 38.8 Å². The lowest BCUT2D eigenvalue weighted by Gasteiger charge is -2.20. The van der Waals surface area contributed by atoms with E-state index in [9.17, 15) is 4.79 Å². The van der Waals surface area contributed by atoms with Crippen molar-refractivity contribution in [2.45, 2.75) is 45.1 Å². The summed E-state index contributed by atoms with van der Waals surface area (Å²) in [6, 6.07) is 0.463. The van der Waals surface area contributed by atoms with Gasteiger partial charge in [0.2, 0.25) is 0 Å². The van der Waals surface area contributed by atoms with Gasteiger partial charge in [0.1, 0.15) is 0 Å². The number of likely N-dealkylation sites (tertiary alicyclic amines) is 2. The molecule has 1 N–H and O–H groups in total. The Morgan fingerprint density at radius 3 is 2.83 bits per heavy atom. The van der Waals surface area contributed by atoms with Crippen molar-refractivity contribution in [2.24, 2.45) is 11.8 Å². The maximum Gasteiger partial charge on any atom is 0.321 e. The maximum absolute atomic E-state index is 12.5. The number of urea groups is 1. The summed E-state index contributed by atoms with van der Waals surface area (Å²) in [7, 11) is 0. The number of aromatic nitrogens is 2. The zero-order valence-electron chi connectivity index (χ0n) is 14.7. The molecule has 2 saturated heterocycles. The number of nitrogens with one attached hydrogen (secondary N) is 1. The summed E-state index contributed by atoms with van der Waals surface area (Å²) in [5.74, 6) is 1.39. The minimum absolute atomic E-state index is 0.0255. The highest BCUT2D eigenvalue weighted by Crippen LogP contribution is 2.39. The molecule has 0 bridgehead atoms. The van der Waals surface area contributed by atoms with E-state index in [0.717, 1.165) is 37.7 Å². The van der Waals surface area contributed by atoms with Crippen LogP contribution in [0.2, 0.25) is 0 Å².